The summed E-state index contributed by atoms with van der Waals surface area (Å²) < 4.78 is 29.6. The second kappa shape index (κ2) is 8.19. The zero-order valence-electron chi connectivity index (χ0n) is 18.3. The third-order valence-corrected chi connectivity index (χ3v) is 8.48. The highest BCUT2D eigenvalue weighted by Gasteiger charge is 2.38. The number of halogens is 1. The van der Waals surface area contributed by atoms with E-state index >= 15 is 0 Å². The number of nitrogens with one attached hydrogen (secondary N) is 2. The maximum atomic E-state index is 13.4. The van der Waals surface area contributed by atoms with Gasteiger partial charge in [0.25, 0.3) is 10.0 Å². The Hall–Kier alpha value is -3.28. The maximum absolute atomic E-state index is 13.4. The number of hydrogen-bond donors (Lipinski definition) is 2. The van der Waals surface area contributed by atoms with Gasteiger partial charge in [-0.1, -0.05) is 72.3 Å². The number of anilines is 2. The topological polar surface area (TPSA) is 58.2 Å². The normalized spacial score (nSPS) is 21.0. The molecule has 0 spiro atoms. The predicted octanol–water partition coefficient (Wildman–Crippen LogP) is 7.12. The molecule has 3 atom stereocenters. The lowest BCUT2D eigenvalue weighted by molar-refractivity contribution is 0.425. The molecule has 0 saturated heterocycles. The molecule has 2 aliphatic rings. The van der Waals surface area contributed by atoms with Gasteiger partial charge in [-0.25, -0.2) is 8.42 Å². The lowest BCUT2D eigenvalue weighted by atomic mass is 9.77. The molecule has 0 amide bonds. The van der Waals surface area contributed by atoms with Crippen LogP contribution >= 0.6 is 11.6 Å². The fourth-order valence-electron chi connectivity index (χ4n) is 5.29. The average molecular weight is 487 g/mol. The van der Waals surface area contributed by atoms with E-state index in [1.807, 2.05) is 66.7 Å². The summed E-state index contributed by atoms with van der Waals surface area (Å²) in [7, 11) is -3.76. The number of hydrogen-bond acceptors (Lipinski definition) is 3. The molecule has 0 saturated carbocycles. The van der Waals surface area contributed by atoms with Crippen LogP contribution in [0.25, 0.3) is 10.8 Å². The van der Waals surface area contributed by atoms with Crippen molar-refractivity contribution >= 4 is 43.8 Å². The molecule has 34 heavy (non-hydrogen) atoms. The number of allylic oxidation sites excluding steroid dienone is 2. The lowest BCUT2D eigenvalue weighted by Crippen LogP contribution is -2.29. The Balaban J connectivity index is 1.36. The fraction of sp³-hybridized carbons (Fsp3) is 0.143. The summed E-state index contributed by atoms with van der Waals surface area (Å²) in [5.74, 6) is 0.447. The predicted molar refractivity (Wildman–Crippen MR) is 139 cm³/mol. The van der Waals surface area contributed by atoms with Crippen LogP contribution in [-0.2, 0) is 10.0 Å². The van der Waals surface area contributed by atoms with Crippen LogP contribution in [0.15, 0.2) is 102 Å². The number of rotatable bonds is 4. The van der Waals surface area contributed by atoms with Crippen molar-refractivity contribution in [2.75, 3.05) is 10.0 Å². The Labute approximate surface area is 204 Å². The van der Waals surface area contributed by atoms with Gasteiger partial charge in [-0.05, 0) is 65.3 Å². The average Bonchev–Trinajstić information content (AvgIpc) is 3.34. The molecule has 2 unspecified atom stereocenters. The number of benzene rings is 4. The first-order chi connectivity index (χ1) is 16.5. The van der Waals surface area contributed by atoms with E-state index in [9.17, 15) is 8.42 Å². The molecule has 170 valence electrons. The highest BCUT2D eigenvalue weighted by molar-refractivity contribution is 7.92. The summed E-state index contributed by atoms with van der Waals surface area (Å²) in [5, 5.41) is 6.23. The molecule has 1 aliphatic heterocycles. The Morgan fingerprint density at radius 1 is 0.912 bits per heavy atom. The molecule has 4 aromatic rings. The van der Waals surface area contributed by atoms with Gasteiger partial charge in [-0.15, -0.1) is 0 Å². The minimum Gasteiger partial charge on any atom is -0.378 e. The van der Waals surface area contributed by atoms with E-state index in [4.69, 9.17) is 11.6 Å². The van der Waals surface area contributed by atoms with Gasteiger partial charge in [0.1, 0.15) is 0 Å². The van der Waals surface area contributed by atoms with E-state index in [0.717, 1.165) is 34.0 Å². The molecule has 6 heteroatoms. The number of sulfonamides is 1. The van der Waals surface area contributed by atoms with Crippen molar-refractivity contribution in [3.63, 3.8) is 0 Å². The van der Waals surface area contributed by atoms with Crippen LogP contribution in [0.2, 0.25) is 5.02 Å². The molecule has 0 radical (unpaired) electrons. The van der Waals surface area contributed by atoms with E-state index in [1.165, 1.54) is 0 Å². The first-order valence-electron chi connectivity index (χ1n) is 11.3. The molecule has 4 aromatic carbocycles. The quantitative estimate of drug-likeness (QED) is 0.302. The SMILES string of the molecule is O=S(=O)(Nc1cccc2ccccc12)c1ccc2c(c1)C1C=CCC1[C@H](c1cccc(Cl)c1)N2. The maximum Gasteiger partial charge on any atom is 0.261 e. The monoisotopic (exact) mass is 486 g/mol. The molecule has 4 nitrogen and oxygen atoms in total. The van der Waals surface area contributed by atoms with Gasteiger partial charge < -0.3 is 5.32 Å². The summed E-state index contributed by atoms with van der Waals surface area (Å²) in [6.07, 6.45) is 5.33. The summed E-state index contributed by atoms with van der Waals surface area (Å²) in [4.78, 5) is 0.265. The minimum absolute atomic E-state index is 0.113. The van der Waals surface area contributed by atoms with Gasteiger partial charge in [-0.2, -0.15) is 0 Å². The minimum atomic E-state index is -3.76. The van der Waals surface area contributed by atoms with Crippen LogP contribution < -0.4 is 10.0 Å². The second-order valence-electron chi connectivity index (χ2n) is 8.91. The van der Waals surface area contributed by atoms with Crippen LogP contribution in [0.1, 0.15) is 29.5 Å². The van der Waals surface area contributed by atoms with Crippen molar-refractivity contribution < 1.29 is 8.42 Å². The van der Waals surface area contributed by atoms with Crippen LogP contribution in [0.4, 0.5) is 11.4 Å². The molecular formula is C28H23ClN2O2S. The van der Waals surface area contributed by atoms with Crippen molar-refractivity contribution in [2.24, 2.45) is 5.92 Å². The highest BCUT2D eigenvalue weighted by atomic mass is 35.5. The standard InChI is InChI=1S/C28H23ClN2O2S/c29-20-9-3-8-19(16-20)28-24-12-5-11-23(24)25-17-21(14-15-26(25)30-28)34(32,33)31-27-13-4-7-18-6-1-2-10-22(18)27/h1-11,13-17,23-24,28,30-31H,12H2/t23?,24?,28-/m0/s1. The van der Waals surface area contributed by atoms with Crippen LogP contribution in [0, 0.1) is 5.92 Å². The van der Waals surface area contributed by atoms with Gasteiger partial charge in [0.15, 0.2) is 0 Å². The summed E-state index contributed by atoms with van der Waals surface area (Å²) in [6.45, 7) is 0. The van der Waals surface area contributed by atoms with E-state index in [2.05, 4.69) is 28.3 Å². The fourth-order valence-corrected chi connectivity index (χ4v) is 6.60. The molecule has 0 aromatic heterocycles. The summed E-state index contributed by atoms with van der Waals surface area (Å²) in [6, 6.07) is 26.8. The van der Waals surface area contributed by atoms with Crippen molar-refractivity contribution in [1.29, 1.82) is 0 Å². The van der Waals surface area contributed by atoms with Gasteiger partial charge in [0.2, 0.25) is 0 Å². The van der Waals surface area contributed by atoms with Crippen molar-refractivity contribution in [3.8, 4) is 0 Å². The third-order valence-electron chi connectivity index (χ3n) is 6.89. The van der Waals surface area contributed by atoms with Gasteiger partial charge in [0, 0.05) is 22.0 Å². The van der Waals surface area contributed by atoms with E-state index in [-0.39, 0.29) is 16.9 Å². The van der Waals surface area contributed by atoms with Crippen molar-refractivity contribution in [2.45, 2.75) is 23.3 Å². The van der Waals surface area contributed by atoms with E-state index in [0.29, 0.717) is 16.6 Å². The Morgan fingerprint density at radius 3 is 2.62 bits per heavy atom. The molecular weight excluding hydrogens is 464 g/mol. The highest BCUT2D eigenvalue weighted by Crippen LogP contribution is 2.50. The Morgan fingerprint density at radius 2 is 1.74 bits per heavy atom. The molecule has 1 heterocycles. The van der Waals surface area contributed by atoms with E-state index < -0.39 is 10.0 Å². The van der Waals surface area contributed by atoms with Crippen LogP contribution in [0.5, 0.6) is 0 Å². The summed E-state index contributed by atoms with van der Waals surface area (Å²) >= 11 is 6.26. The molecule has 0 bridgehead atoms. The van der Waals surface area contributed by atoms with Crippen molar-refractivity contribution in [3.05, 3.63) is 113 Å². The van der Waals surface area contributed by atoms with Crippen LogP contribution in [0.3, 0.4) is 0 Å². The summed E-state index contributed by atoms with van der Waals surface area (Å²) in [5.41, 5.74) is 3.69. The molecule has 2 N–H and O–H groups in total. The van der Waals surface area contributed by atoms with Gasteiger partial charge in [-0.3, -0.25) is 4.72 Å². The van der Waals surface area contributed by atoms with Crippen molar-refractivity contribution in [1.82, 2.24) is 0 Å². The third kappa shape index (κ3) is 3.65. The van der Waals surface area contributed by atoms with Gasteiger partial charge >= 0.3 is 0 Å². The van der Waals surface area contributed by atoms with Crippen LogP contribution in [-0.4, -0.2) is 8.42 Å². The van der Waals surface area contributed by atoms with E-state index in [1.54, 1.807) is 12.1 Å². The Bertz CT molecular complexity index is 1540. The molecule has 0 fully saturated rings. The smallest absolute Gasteiger partial charge is 0.261 e. The lowest BCUT2D eigenvalue weighted by Gasteiger charge is -2.37. The molecule has 6 rings (SSSR count). The Kier molecular flexibility index (Phi) is 5.12. The van der Waals surface area contributed by atoms with Gasteiger partial charge in [0.05, 0.1) is 16.6 Å². The first kappa shape index (κ1) is 21.3. The molecule has 1 aliphatic carbocycles. The largest absolute Gasteiger partial charge is 0.378 e. The first-order valence-corrected chi connectivity index (χ1v) is 13.2. The zero-order chi connectivity index (χ0) is 23.3. The number of fused-ring (bicyclic) bond motifs is 4. The second-order valence-corrected chi connectivity index (χ2v) is 11.0. The zero-order valence-corrected chi connectivity index (χ0v) is 19.9.